The van der Waals surface area contributed by atoms with Crippen LogP contribution in [0.3, 0.4) is 0 Å². The zero-order valence-electron chi connectivity index (χ0n) is 15.7. The maximum Gasteiger partial charge on any atom is 0.357 e. The summed E-state index contributed by atoms with van der Waals surface area (Å²) in [5, 5.41) is 7.60. The molecule has 2 heterocycles. The Labute approximate surface area is 167 Å². The van der Waals surface area contributed by atoms with E-state index in [1.807, 2.05) is 38.1 Å². The first kappa shape index (κ1) is 19.6. The first-order valence-corrected chi connectivity index (χ1v) is 8.94. The van der Waals surface area contributed by atoms with E-state index in [1.54, 1.807) is 17.7 Å². The molecular weight excluding hydrogens is 380 g/mol. The second kappa shape index (κ2) is 8.22. The second-order valence-electron chi connectivity index (χ2n) is 6.28. The normalized spacial score (nSPS) is 10.6. The summed E-state index contributed by atoms with van der Waals surface area (Å²) in [7, 11) is 0. The summed E-state index contributed by atoms with van der Waals surface area (Å²) in [5.74, 6) is -1.19. The Morgan fingerprint density at radius 3 is 2.54 bits per heavy atom. The monoisotopic (exact) mass is 398 g/mol. The van der Waals surface area contributed by atoms with Crippen LogP contribution >= 0.6 is 11.6 Å². The number of nitrogens with zero attached hydrogens (tertiary/aromatic N) is 3. The number of amides is 1. The molecule has 3 rings (SSSR count). The number of rotatable bonds is 5. The zero-order valence-corrected chi connectivity index (χ0v) is 16.4. The molecule has 0 aliphatic rings. The SMILES string of the molecule is Cc1ccc(-n2nc(C)c(NC(=O)COC(=O)c3cc(Cl)ccn3)c2C)cc1. The first-order valence-electron chi connectivity index (χ1n) is 8.57. The van der Waals surface area contributed by atoms with Crippen LogP contribution in [0, 0.1) is 20.8 Å². The minimum atomic E-state index is -0.721. The number of ether oxygens (including phenoxy) is 1. The van der Waals surface area contributed by atoms with Crippen LogP contribution in [-0.4, -0.2) is 33.2 Å². The fraction of sp³-hybridized carbons (Fsp3) is 0.200. The third-order valence-electron chi connectivity index (χ3n) is 4.10. The van der Waals surface area contributed by atoms with Gasteiger partial charge in [0.25, 0.3) is 5.91 Å². The Bertz CT molecular complexity index is 1030. The van der Waals surface area contributed by atoms with Gasteiger partial charge in [-0.25, -0.2) is 14.5 Å². The number of hydrogen-bond donors (Lipinski definition) is 1. The molecule has 0 radical (unpaired) electrons. The molecule has 0 spiro atoms. The summed E-state index contributed by atoms with van der Waals surface area (Å²) >= 11 is 5.82. The standard InChI is InChI=1S/C20H19ClN4O3/c1-12-4-6-16(7-5-12)25-14(3)19(13(2)24-25)23-18(26)11-28-20(27)17-10-15(21)8-9-22-17/h4-10H,11H2,1-3H3,(H,23,26). The van der Waals surface area contributed by atoms with Crippen molar-refractivity contribution in [2.45, 2.75) is 20.8 Å². The van der Waals surface area contributed by atoms with Crippen LogP contribution in [0.25, 0.3) is 5.69 Å². The maximum absolute atomic E-state index is 12.2. The van der Waals surface area contributed by atoms with E-state index in [1.165, 1.54) is 12.3 Å². The highest BCUT2D eigenvalue weighted by Gasteiger charge is 2.17. The van der Waals surface area contributed by atoms with Gasteiger partial charge in [0, 0.05) is 11.2 Å². The van der Waals surface area contributed by atoms with Crippen molar-refractivity contribution >= 4 is 29.2 Å². The number of carbonyl (C=O) groups is 2. The smallest absolute Gasteiger partial charge is 0.357 e. The minimum absolute atomic E-state index is 0.0415. The van der Waals surface area contributed by atoms with Gasteiger partial charge in [-0.2, -0.15) is 5.10 Å². The molecule has 0 unspecified atom stereocenters. The molecule has 0 fully saturated rings. The molecule has 0 saturated carbocycles. The Morgan fingerprint density at radius 1 is 1.14 bits per heavy atom. The number of aryl methyl sites for hydroxylation is 2. The molecule has 1 amide bonds. The molecule has 1 aromatic carbocycles. The summed E-state index contributed by atoms with van der Waals surface area (Å²) in [6, 6.07) is 10.8. The topological polar surface area (TPSA) is 86.1 Å². The van der Waals surface area contributed by atoms with Gasteiger partial charge in [-0.3, -0.25) is 4.79 Å². The fourth-order valence-electron chi connectivity index (χ4n) is 2.66. The van der Waals surface area contributed by atoms with Crippen LogP contribution in [0.2, 0.25) is 5.02 Å². The summed E-state index contributed by atoms with van der Waals surface area (Å²) in [5.41, 5.74) is 4.11. The molecule has 0 aliphatic heterocycles. The maximum atomic E-state index is 12.2. The van der Waals surface area contributed by atoms with Crippen LogP contribution in [0.5, 0.6) is 0 Å². The Hall–Kier alpha value is -3.19. The van der Waals surface area contributed by atoms with Gasteiger partial charge in [-0.15, -0.1) is 0 Å². The van der Waals surface area contributed by atoms with E-state index in [9.17, 15) is 9.59 Å². The molecule has 28 heavy (non-hydrogen) atoms. The quantitative estimate of drug-likeness (QED) is 0.663. The van der Waals surface area contributed by atoms with Crippen molar-refractivity contribution in [1.82, 2.24) is 14.8 Å². The van der Waals surface area contributed by atoms with Crippen molar-refractivity contribution in [3.63, 3.8) is 0 Å². The number of aromatic nitrogens is 3. The van der Waals surface area contributed by atoms with Crippen molar-refractivity contribution in [1.29, 1.82) is 0 Å². The van der Waals surface area contributed by atoms with Crippen LogP contribution in [-0.2, 0) is 9.53 Å². The molecule has 144 valence electrons. The van der Waals surface area contributed by atoms with E-state index in [2.05, 4.69) is 15.4 Å². The summed E-state index contributed by atoms with van der Waals surface area (Å²) in [4.78, 5) is 28.1. The molecule has 0 saturated heterocycles. The lowest BCUT2D eigenvalue weighted by Crippen LogP contribution is -2.22. The van der Waals surface area contributed by atoms with E-state index in [0.717, 1.165) is 16.9 Å². The third-order valence-corrected chi connectivity index (χ3v) is 4.33. The lowest BCUT2D eigenvalue weighted by molar-refractivity contribution is -0.119. The molecule has 7 nitrogen and oxygen atoms in total. The molecule has 0 bridgehead atoms. The second-order valence-corrected chi connectivity index (χ2v) is 6.71. The van der Waals surface area contributed by atoms with Gasteiger partial charge in [-0.05, 0) is 45.0 Å². The van der Waals surface area contributed by atoms with E-state index in [4.69, 9.17) is 16.3 Å². The van der Waals surface area contributed by atoms with E-state index in [0.29, 0.717) is 16.4 Å². The van der Waals surface area contributed by atoms with Crippen molar-refractivity contribution in [3.05, 3.63) is 70.3 Å². The Morgan fingerprint density at radius 2 is 1.86 bits per heavy atom. The summed E-state index contributed by atoms with van der Waals surface area (Å²) in [6.45, 7) is 5.23. The largest absolute Gasteiger partial charge is 0.451 e. The van der Waals surface area contributed by atoms with Gasteiger partial charge in [0.1, 0.15) is 5.69 Å². The number of nitrogens with one attached hydrogen (secondary N) is 1. The summed E-state index contributed by atoms with van der Waals surface area (Å²) in [6.07, 6.45) is 1.39. The number of anilines is 1. The zero-order chi connectivity index (χ0) is 20.3. The highest BCUT2D eigenvalue weighted by molar-refractivity contribution is 6.30. The van der Waals surface area contributed by atoms with Crippen LogP contribution in [0.4, 0.5) is 5.69 Å². The molecule has 3 aromatic rings. The van der Waals surface area contributed by atoms with Crippen LogP contribution in [0.15, 0.2) is 42.6 Å². The first-order chi connectivity index (χ1) is 13.3. The molecule has 0 aliphatic carbocycles. The molecular formula is C20H19ClN4O3. The van der Waals surface area contributed by atoms with E-state index < -0.39 is 18.5 Å². The van der Waals surface area contributed by atoms with Gasteiger partial charge in [-0.1, -0.05) is 29.3 Å². The highest BCUT2D eigenvalue weighted by atomic mass is 35.5. The summed E-state index contributed by atoms with van der Waals surface area (Å²) < 4.78 is 6.76. The lowest BCUT2D eigenvalue weighted by atomic mass is 10.2. The molecule has 1 N–H and O–H groups in total. The average Bonchev–Trinajstić information content (AvgIpc) is 2.95. The van der Waals surface area contributed by atoms with Crippen molar-refractivity contribution < 1.29 is 14.3 Å². The minimum Gasteiger partial charge on any atom is -0.451 e. The highest BCUT2D eigenvalue weighted by Crippen LogP contribution is 2.23. The average molecular weight is 399 g/mol. The predicted molar refractivity (Wildman–Crippen MR) is 106 cm³/mol. The number of halogens is 1. The molecule has 8 heteroatoms. The van der Waals surface area contributed by atoms with Crippen molar-refractivity contribution in [2.75, 3.05) is 11.9 Å². The predicted octanol–water partition coefficient (Wildman–Crippen LogP) is 3.64. The Kier molecular flexibility index (Phi) is 5.75. The van der Waals surface area contributed by atoms with Gasteiger partial charge >= 0.3 is 5.97 Å². The lowest BCUT2D eigenvalue weighted by Gasteiger charge is -2.08. The fourth-order valence-corrected chi connectivity index (χ4v) is 2.82. The number of carbonyl (C=O) groups excluding carboxylic acids is 2. The van der Waals surface area contributed by atoms with E-state index >= 15 is 0 Å². The van der Waals surface area contributed by atoms with Crippen molar-refractivity contribution in [3.8, 4) is 5.69 Å². The van der Waals surface area contributed by atoms with Gasteiger partial charge in [0.15, 0.2) is 6.61 Å². The van der Waals surface area contributed by atoms with Crippen molar-refractivity contribution in [2.24, 2.45) is 0 Å². The number of benzene rings is 1. The third kappa shape index (κ3) is 4.37. The number of hydrogen-bond acceptors (Lipinski definition) is 5. The van der Waals surface area contributed by atoms with Crippen LogP contribution < -0.4 is 5.32 Å². The van der Waals surface area contributed by atoms with Gasteiger partial charge in [0.2, 0.25) is 0 Å². The molecule has 0 atom stereocenters. The van der Waals surface area contributed by atoms with Crippen LogP contribution in [0.1, 0.15) is 27.4 Å². The Balaban J connectivity index is 1.67. The van der Waals surface area contributed by atoms with Gasteiger partial charge in [0.05, 0.1) is 22.8 Å². The van der Waals surface area contributed by atoms with Gasteiger partial charge < -0.3 is 10.1 Å². The number of esters is 1. The van der Waals surface area contributed by atoms with E-state index in [-0.39, 0.29) is 5.69 Å². The number of pyridine rings is 1. The molecule has 2 aromatic heterocycles.